The standard InChI is InChI=1S/C15H16N2O2/c1-11-13(10-16-17(11)2)6-9-15(18)12-4-7-14(19-3)8-5-12/h4-10H,1-3H3. The summed E-state index contributed by atoms with van der Waals surface area (Å²) in [7, 11) is 3.47. The number of hydrogen-bond acceptors (Lipinski definition) is 3. The van der Waals surface area contributed by atoms with Crippen LogP contribution >= 0.6 is 0 Å². The molecule has 2 aromatic rings. The fourth-order valence-electron chi connectivity index (χ4n) is 1.70. The van der Waals surface area contributed by atoms with Gasteiger partial charge in [-0.1, -0.05) is 0 Å². The molecule has 0 fully saturated rings. The van der Waals surface area contributed by atoms with Crippen molar-refractivity contribution in [3.63, 3.8) is 0 Å². The van der Waals surface area contributed by atoms with Crippen molar-refractivity contribution in [2.45, 2.75) is 6.92 Å². The van der Waals surface area contributed by atoms with E-state index >= 15 is 0 Å². The van der Waals surface area contributed by atoms with E-state index < -0.39 is 0 Å². The van der Waals surface area contributed by atoms with Gasteiger partial charge in [0.15, 0.2) is 5.78 Å². The molecule has 1 aromatic heterocycles. The van der Waals surface area contributed by atoms with Crippen LogP contribution in [0.4, 0.5) is 0 Å². The molecule has 0 aliphatic rings. The molecular weight excluding hydrogens is 240 g/mol. The highest BCUT2D eigenvalue weighted by molar-refractivity contribution is 6.06. The summed E-state index contributed by atoms with van der Waals surface area (Å²) in [5.41, 5.74) is 2.61. The van der Waals surface area contributed by atoms with E-state index in [1.807, 2.05) is 14.0 Å². The Morgan fingerprint density at radius 1 is 1.32 bits per heavy atom. The summed E-state index contributed by atoms with van der Waals surface area (Å²) < 4.78 is 6.83. The molecule has 4 nitrogen and oxygen atoms in total. The Morgan fingerprint density at radius 2 is 2.00 bits per heavy atom. The Balaban J connectivity index is 2.14. The van der Waals surface area contributed by atoms with Crippen LogP contribution in [-0.4, -0.2) is 22.7 Å². The fraction of sp³-hybridized carbons (Fsp3) is 0.200. The number of benzene rings is 1. The number of allylic oxidation sites excluding steroid dienone is 1. The van der Waals surface area contributed by atoms with Crippen molar-refractivity contribution in [3.05, 3.63) is 53.4 Å². The number of hydrogen-bond donors (Lipinski definition) is 0. The molecule has 0 atom stereocenters. The van der Waals surface area contributed by atoms with Crippen LogP contribution in [-0.2, 0) is 7.05 Å². The van der Waals surface area contributed by atoms with Crippen molar-refractivity contribution in [3.8, 4) is 5.75 Å². The third-order valence-corrected chi connectivity index (χ3v) is 3.06. The lowest BCUT2D eigenvalue weighted by Gasteiger charge is -2.00. The first-order valence-electron chi connectivity index (χ1n) is 5.97. The van der Waals surface area contributed by atoms with Crippen LogP contribution in [0.25, 0.3) is 6.08 Å². The molecule has 0 N–H and O–H groups in total. The smallest absolute Gasteiger partial charge is 0.185 e. The lowest BCUT2D eigenvalue weighted by molar-refractivity contribution is 0.104. The van der Waals surface area contributed by atoms with Crippen molar-refractivity contribution in [2.75, 3.05) is 7.11 Å². The van der Waals surface area contributed by atoms with E-state index in [1.54, 1.807) is 54.4 Å². The van der Waals surface area contributed by atoms with E-state index in [0.717, 1.165) is 17.0 Å². The predicted octanol–water partition coefficient (Wildman–Crippen LogP) is 2.63. The lowest BCUT2D eigenvalue weighted by atomic mass is 10.1. The molecule has 0 aliphatic heterocycles. The van der Waals surface area contributed by atoms with Crippen LogP contribution in [0.15, 0.2) is 36.5 Å². The maximum atomic E-state index is 12.0. The van der Waals surface area contributed by atoms with E-state index in [2.05, 4.69) is 5.10 Å². The van der Waals surface area contributed by atoms with Crippen molar-refractivity contribution in [2.24, 2.45) is 7.05 Å². The highest BCUT2D eigenvalue weighted by atomic mass is 16.5. The van der Waals surface area contributed by atoms with Crippen LogP contribution in [0.1, 0.15) is 21.6 Å². The molecule has 4 heteroatoms. The zero-order valence-corrected chi connectivity index (χ0v) is 11.3. The Bertz CT molecular complexity index is 610. The third kappa shape index (κ3) is 2.91. The molecule has 0 bridgehead atoms. The molecular formula is C15H16N2O2. The van der Waals surface area contributed by atoms with E-state index in [9.17, 15) is 4.79 Å². The Labute approximate surface area is 112 Å². The van der Waals surface area contributed by atoms with Gasteiger partial charge in [0, 0.05) is 23.9 Å². The van der Waals surface area contributed by atoms with Gasteiger partial charge in [-0.3, -0.25) is 9.48 Å². The summed E-state index contributed by atoms with van der Waals surface area (Å²) in [6.45, 7) is 1.96. The second-order valence-corrected chi connectivity index (χ2v) is 4.24. The molecule has 19 heavy (non-hydrogen) atoms. The van der Waals surface area contributed by atoms with Gasteiger partial charge in [0.05, 0.1) is 13.3 Å². The summed E-state index contributed by atoms with van der Waals surface area (Å²) in [6, 6.07) is 7.05. The largest absolute Gasteiger partial charge is 0.497 e. The maximum Gasteiger partial charge on any atom is 0.185 e. The van der Waals surface area contributed by atoms with Crippen LogP contribution < -0.4 is 4.74 Å². The van der Waals surface area contributed by atoms with Crippen molar-refractivity contribution >= 4 is 11.9 Å². The molecule has 1 aromatic carbocycles. The quantitative estimate of drug-likeness (QED) is 0.624. The summed E-state index contributed by atoms with van der Waals surface area (Å²) in [5, 5.41) is 4.13. The second-order valence-electron chi connectivity index (χ2n) is 4.24. The number of ether oxygens (including phenoxy) is 1. The average molecular weight is 256 g/mol. The van der Waals surface area contributed by atoms with Crippen molar-refractivity contribution in [1.29, 1.82) is 0 Å². The molecule has 98 valence electrons. The van der Waals surface area contributed by atoms with Gasteiger partial charge < -0.3 is 4.74 Å². The Hall–Kier alpha value is -2.36. The van der Waals surface area contributed by atoms with Crippen LogP contribution in [0, 0.1) is 6.92 Å². The monoisotopic (exact) mass is 256 g/mol. The molecule has 1 heterocycles. The summed E-state index contributed by atoms with van der Waals surface area (Å²) in [5.74, 6) is 0.703. The first-order chi connectivity index (χ1) is 9.11. The molecule has 0 unspecified atom stereocenters. The van der Waals surface area contributed by atoms with Gasteiger partial charge >= 0.3 is 0 Å². The van der Waals surface area contributed by atoms with Gasteiger partial charge in [-0.2, -0.15) is 5.10 Å². The van der Waals surface area contributed by atoms with Gasteiger partial charge in [0.2, 0.25) is 0 Å². The summed E-state index contributed by atoms with van der Waals surface area (Å²) in [4.78, 5) is 12.0. The van der Waals surface area contributed by atoms with E-state index in [0.29, 0.717) is 5.56 Å². The number of methoxy groups -OCH3 is 1. The SMILES string of the molecule is COc1ccc(C(=O)C=Cc2cnn(C)c2C)cc1. The predicted molar refractivity (Wildman–Crippen MR) is 74.3 cm³/mol. The lowest BCUT2D eigenvalue weighted by Crippen LogP contribution is -1.95. The zero-order chi connectivity index (χ0) is 13.8. The van der Waals surface area contributed by atoms with Gasteiger partial charge in [-0.05, 0) is 43.3 Å². The number of ketones is 1. The van der Waals surface area contributed by atoms with E-state index in [-0.39, 0.29) is 5.78 Å². The third-order valence-electron chi connectivity index (χ3n) is 3.06. The Morgan fingerprint density at radius 3 is 2.53 bits per heavy atom. The van der Waals surface area contributed by atoms with Gasteiger partial charge in [0.25, 0.3) is 0 Å². The van der Waals surface area contributed by atoms with Crippen LogP contribution in [0.5, 0.6) is 5.75 Å². The highest BCUT2D eigenvalue weighted by Gasteiger charge is 2.03. The molecule has 0 saturated heterocycles. The van der Waals surface area contributed by atoms with Crippen molar-refractivity contribution < 1.29 is 9.53 Å². The van der Waals surface area contributed by atoms with Crippen LogP contribution in [0.3, 0.4) is 0 Å². The topological polar surface area (TPSA) is 44.1 Å². The molecule has 0 spiro atoms. The normalized spacial score (nSPS) is 10.9. The van der Waals surface area contributed by atoms with Gasteiger partial charge in [0.1, 0.15) is 5.75 Å². The van der Waals surface area contributed by atoms with Gasteiger partial charge in [-0.25, -0.2) is 0 Å². The zero-order valence-electron chi connectivity index (χ0n) is 11.3. The number of carbonyl (C=O) groups excluding carboxylic acids is 1. The van der Waals surface area contributed by atoms with Crippen molar-refractivity contribution in [1.82, 2.24) is 9.78 Å². The summed E-state index contributed by atoms with van der Waals surface area (Å²) in [6.07, 6.45) is 5.09. The minimum atomic E-state index is -0.0362. The van der Waals surface area contributed by atoms with E-state index in [4.69, 9.17) is 4.74 Å². The molecule has 0 aliphatic carbocycles. The van der Waals surface area contributed by atoms with Gasteiger partial charge in [-0.15, -0.1) is 0 Å². The molecule has 0 radical (unpaired) electrons. The molecule has 0 saturated carbocycles. The highest BCUT2D eigenvalue weighted by Crippen LogP contribution is 2.13. The first kappa shape index (κ1) is 13.1. The number of nitrogens with zero attached hydrogens (tertiary/aromatic N) is 2. The molecule has 2 rings (SSSR count). The second kappa shape index (κ2) is 5.52. The van der Waals surface area contributed by atoms with E-state index in [1.165, 1.54) is 0 Å². The number of aryl methyl sites for hydroxylation is 1. The number of carbonyl (C=O) groups is 1. The first-order valence-corrected chi connectivity index (χ1v) is 5.97. The Kier molecular flexibility index (Phi) is 3.80. The molecule has 0 amide bonds. The number of aromatic nitrogens is 2. The average Bonchev–Trinajstić information content (AvgIpc) is 2.76. The summed E-state index contributed by atoms with van der Waals surface area (Å²) >= 11 is 0. The number of rotatable bonds is 4. The minimum absolute atomic E-state index is 0.0362. The maximum absolute atomic E-state index is 12.0. The fourth-order valence-corrected chi connectivity index (χ4v) is 1.70. The van der Waals surface area contributed by atoms with Crippen LogP contribution in [0.2, 0.25) is 0 Å². The minimum Gasteiger partial charge on any atom is -0.497 e.